The molecule has 4 aromatic carbocycles. The molecule has 0 aliphatic carbocycles. The van der Waals surface area contributed by atoms with Crippen LogP contribution >= 0.6 is 11.3 Å². The highest BCUT2D eigenvalue weighted by molar-refractivity contribution is 7.23. The first-order chi connectivity index (χ1) is 12.4. The standard InChI is InChI=1S/C24H16S/c1-2-10-18(11-3-1)23-21-14-6-7-16-22(21)25-24(23)20-15-8-12-17-9-4-5-13-19(17)20/h1-16H. The van der Waals surface area contributed by atoms with Gasteiger partial charge < -0.3 is 0 Å². The van der Waals surface area contributed by atoms with Crippen molar-refractivity contribution in [3.8, 4) is 21.6 Å². The quantitative estimate of drug-likeness (QED) is 0.315. The second kappa shape index (κ2) is 5.87. The van der Waals surface area contributed by atoms with Crippen LogP contribution in [0.3, 0.4) is 0 Å². The number of thiophene rings is 1. The first-order valence-corrected chi connectivity index (χ1v) is 9.28. The maximum Gasteiger partial charge on any atom is 0.0440 e. The van der Waals surface area contributed by atoms with Crippen LogP contribution in [0.15, 0.2) is 97.1 Å². The van der Waals surface area contributed by atoms with E-state index in [0.717, 1.165) is 0 Å². The van der Waals surface area contributed by atoms with Gasteiger partial charge in [0.25, 0.3) is 0 Å². The topological polar surface area (TPSA) is 0 Å². The van der Waals surface area contributed by atoms with Gasteiger partial charge in [-0.05, 0) is 22.4 Å². The van der Waals surface area contributed by atoms with E-state index in [1.54, 1.807) is 0 Å². The van der Waals surface area contributed by atoms with Gasteiger partial charge in [-0.3, -0.25) is 0 Å². The van der Waals surface area contributed by atoms with Gasteiger partial charge >= 0.3 is 0 Å². The van der Waals surface area contributed by atoms with Crippen molar-refractivity contribution in [1.82, 2.24) is 0 Å². The molecular weight excluding hydrogens is 320 g/mol. The zero-order chi connectivity index (χ0) is 16.6. The van der Waals surface area contributed by atoms with Gasteiger partial charge in [-0.1, -0.05) is 91.0 Å². The zero-order valence-corrected chi connectivity index (χ0v) is 14.5. The summed E-state index contributed by atoms with van der Waals surface area (Å²) in [5.74, 6) is 0. The van der Waals surface area contributed by atoms with Crippen molar-refractivity contribution < 1.29 is 0 Å². The molecule has 0 saturated carbocycles. The number of hydrogen-bond donors (Lipinski definition) is 0. The predicted octanol–water partition coefficient (Wildman–Crippen LogP) is 7.39. The summed E-state index contributed by atoms with van der Waals surface area (Å²) < 4.78 is 1.34. The summed E-state index contributed by atoms with van der Waals surface area (Å²) in [6.07, 6.45) is 0. The maximum absolute atomic E-state index is 2.25. The third-order valence-electron chi connectivity index (χ3n) is 4.69. The van der Waals surface area contributed by atoms with Crippen molar-refractivity contribution in [3.63, 3.8) is 0 Å². The van der Waals surface area contributed by atoms with Gasteiger partial charge in [0.05, 0.1) is 0 Å². The van der Waals surface area contributed by atoms with E-state index in [1.807, 2.05) is 11.3 Å². The Morgan fingerprint density at radius 2 is 1.20 bits per heavy atom. The highest BCUT2D eigenvalue weighted by atomic mass is 32.1. The van der Waals surface area contributed by atoms with Gasteiger partial charge in [-0.25, -0.2) is 0 Å². The largest absolute Gasteiger partial charge is 0.135 e. The van der Waals surface area contributed by atoms with Crippen molar-refractivity contribution in [1.29, 1.82) is 0 Å². The van der Waals surface area contributed by atoms with Crippen LogP contribution in [0.5, 0.6) is 0 Å². The Hall–Kier alpha value is -2.90. The highest BCUT2D eigenvalue weighted by Crippen LogP contribution is 2.46. The van der Waals surface area contributed by atoms with Crippen molar-refractivity contribution in [2.24, 2.45) is 0 Å². The van der Waals surface area contributed by atoms with Crippen LogP contribution < -0.4 is 0 Å². The molecule has 5 rings (SSSR count). The summed E-state index contributed by atoms with van der Waals surface area (Å²) in [7, 11) is 0. The minimum atomic E-state index is 1.28. The van der Waals surface area contributed by atoms with Crippen LogP contribution in [0.25, 0.3) is 42.4 Å². The first-order valence-electron chi connectivity index (χ1n) is 8.47. The van der Waals surface area contributed by atoms with Gasteiger partial charge in [-0.2, -0.15) is 0 Å². The van der Waals surface area contributed by atoms with Gasteiger partial charge in [0.1, 0.15) is 0 Å². The summed E-state index contributed by atoms with van der Waals surface area (Å²) in [5.41, 5.74) is 3.94. The van der Waals surface area contributed by atoms with Crippen LogP contribution in [-0.4, -0.2) is 0 Å². The molecule has 0 radical (unpaired) electrons. The lowest BCUT2D eigenvalue weighted by atomic mass is 9.96. The molecule has 0 bridgehead atoms. The van der Waals surface area contributed by atoms with Gasteiger partial charge in [-0.15, -0.1) is 11.3 Å². The SMILES string of the molecule is c1ccc(-c2c(-c3cccc4ccccc34)sc3ccccc23)cc1. The van der Waals surface area contributed by atoms with Crippen LogP contribution in [0.4, 0.5) is 0 Å². The van der Waals surface area contributed by atoms with E-state index in [-0.39, 0.29) is 0 Å². The molecule has 0 unspecified atom stereocenters. The van der Waals surface area contributed by atoms with E-state index in [4.69, 9.17) is 0 Å². The van der Waals surface area contributed by atoms with Crippen LogP contribution in [0.2, 0.25) is 0 Å². The maximum atomic E-state index is 2.25. The fraction of sp³-hybridized carbons (Fsp3) is 0. The average molecular weight is 336 g/mol. The number of benzene rings is 4. The Morgan fingerprint density at radius 1 is 0.520 bits per heavy atom. The monoisotopic (exact) mass is 336 g/mol. The average Bonchev–Trinajstić information content (AvgIpc) is 3.07. The van der Waals surface area contributed by atoms with E-state index in [0.29, 0.717) is 0 Å². The third kappa shape index (κ3) is 2.36. The molecule has 0 N–H and O–H groups in total. The molecule has 0 aliphatic rings. The predicted molar refractivity (Wildman–Crippen MR) is 110 cm³/mol. The summed E-state index contributed by atoms with van der Waals surface area (Å²) in [4.78, 5) is 1.35. The normalized spacial score (nSPS) is 11.2. The Labute approximate surface area is 151 Å². The highest BCUT2D eigenvalue weighted by Gasteiger charge is 2.16. The molecule has 1 heterocycles. The Balaban J connectivity index is 1.91. The number of rotatable bonds is 2. The summed E-state index contributed by atoms with van der Waals surface area (Å²) in [6.45, 7) is 0. The summed E-state index contributed by atoms with van der Waals surface area (Å²) >= 11 is 1.89. The molecule has 0 saturated heterocycles. The molecule has 5 aromatic rings. The molecule has 25 heavy (non-hydrogen) atoms. The van der Waals surface area contributed by atoms with Crippen molar-refractivity contribution in [2.45, 2.75) is 0 Å². The third-order valence-corrected chi connectivity index (χ3v) is 5.90. The van der Waals surface area contributed by atoms with Crippen molar-refractivity contribution >= 4 is 32.2 Å². The van der Waals surface area contributed by atoms with Crippen LogP contribution in [0, 0.1) is 0 Å². The lowest BCUT2D eigenvalue weighted by Gasteiger charge is -2.09. The first kappa shape index (κ1) is 14.4. The molecule has 0 nitrogen and oxygen atoms in total. The van der Waals surface area contributed by atoms with E-state index in [1.165, 1.54) is 42.4 Å². The molecule has 0 fully saturated rings. The second-order valence-electron chi connectivity index (χ2n) is 6.20. The lowest BCUT2D eigenvalue weighted by molar-refractivity contribution is 1.67. The molecule has 0 spiro atoms. The van der Waals surface area contributed by atoms with Gasteiger partial charge in [0, 0.05) is 26.1 Å². The minimum absolute atomic E-state index is 1.28. The Kier molecular flexibility index (Phi) is 3.39. The smallest absolute Gasteiger partial charge is 0.0440 e. The Bertz CT molecular complexity index is 1180. The zero-order valence-electron chi connectivity index (χ0n) is 13.6. The van der Waals surface area contributed by atoms with Gasteiger partial charge in [0.15, 0.2) is 0 Å². The van der Waals surface area contributed by atoms with Crippen LogP contribution in [-0.2, 0) is 0 Å². The summed E-state index contributed by atoms with van der Waals surface area (Å²) in [6, 6.07) is 34.7. The minimum Gasteiger partial charge on any atom is -0.135 e. The molecule has 1 heteroatoms. The molecule has 0 aliphatic heterocycles. The molecule has 0 amide bonds. The fourth-order valence-corrected chi connectivity index (χ4v) is 4.81. The Morgan fingerprint density at radius 3 is 2.08 bits per heavy atom. The van der Waals surface area contributed by atoms with Gasteiger partial charge in [0.2, 0.25) is 0 Å². The fourth-order valence-electron chi connectivity index (χ4n) is 3.55. The van der Waals surface area contributed by atoms with Crippen molar-refractivity contribution in [2.75, 3.05) is 0 Å². The van der Waals surface area contributed by atoms with E-state index >= 15 is 0 Å². The summed E-state index contributed by atoms with van der Waals surface area (Å²) in [5, 5.41) is 3.94. The van der Waals surface area contributed by atoms with Crippen LogP contribution in [0.1, 0.15) is 0 Å². The molecule has 118 valence electrons. The van der Waals surface area contributed by atoms with E-state index < -0.39 is 0 Å². The van der Waals surface area contributed by atoms with Crippen molar-refractivity contribution in [3.05, 3.63) is 97.1 Å². The van der Waals surface area contributed by atoms with E-state index in [9.17, 15) is 0 Å². The molecule has 1 aromatic heterocycles. The lowest BCUT2D eigenvalue weighted by Crippen LogP contribution is -1.82. The van der Waals surface area contributed by atoms with E-state index in [2.05, 4.69) is 97.1 Å². The second-order valence-corrected chi connectivity index (χ2v) is 7.25. The molecular formula is C24H16S. The molecule has 0 atom stereocenters. The number of fused-ring (bicyclic) bond motifs is 2. The number of hydrogen-bond acceptors (Lipinski definition) is 1.